The molecule has 1 aromatic rings. The highest BCUT2D eigenvalue weighted by Crippen LogP contribution is 2.33. The van der Waals surface area contributed by atoms with Gasteiger partial charge in [0.25, 0.3) is 0 Å². The highest BCUT2D eigenvalue weighted by Gasteiger charge is 2.32. The van der Waals surface area contributed by atoms with Crippen LogP contribution in [0.1, 0.15) is 30.9 Å². The molecule has 3 nitrogen and oxygen atoms in total. The van der Waals surface area contributed by atoms with Crippen LogP contribution in [0.4, 0.5) is 8.78 Å². The second-order valence-corrected chi connectivity index (χ2v) is 7.50. The number of rotatable bonds is 4. The van der Waals surface area contributed by atoms with Gasteiger partial charge in [-0.3, -0.25) is 9.69 Å². The van der Waals surface area contributed by atoms with Crippen LogP contribution < -0.4 is 0 Å². The summed E-state index contributed by atoms with van der Waals surface area (Å²) in [6.45, 7) is 1.08. The van der Waals surface area contributed by atoms with Crippen LogP contribution in [-0.4, -0.2) is 53.4 Å². The first-order chi connectivity index (χ1) is 11.1. The number of likely N-dealkylation sites (tertiary alicyclic amines) is 1. The maximum Gasteiger partial charge on any atom is 0.237 e. The van der Waals surface area contributed by atoms with E-state index in [1.165, 1.54) is 6.07 Å². The number of hydrogen-bond acceptors (Lipinski definition) is 3. The minimum Gasteiger partial charge on any atom is -0.335 e. The second-order valence-electron chi connectivity index (χ2n) is 6.35. The van der Waals surface area contributed by atoms with Crippen molar-refractivity contribution in [2.75, 3.05) is 31.6 Å². The molecule has 0 N–H and O–H groups in total. The molecule has 2 saturated heterocycles. The molecule has 0 bridgehead atoms. The Hall–Kier alpha value is -1.14. The maximum atomic E-state index is 13.5. The lowest BCUT2D eigenvalue weighted by Gasteiger charge is -2.29. The first-order valence-corrected chi connectivity index (χ1v) is 9.24. The summed E-state index contributed by atoms with van der Waals surface area (Å²) in [7, 11) is 2.00. The molecule has 1 aromatic carbocycles. The fourth-order valence-corrected chi connectivity index (χ4v) is 4.73. The zero-order valence-electron chi connectivity index (χ0n) is 13.3. The molecule has 0 radical (unpaired) electrons. The fourth-order valence-electron chi connectivity index (χ4n) is 3.43. The Kier molecular flexibility index (Phi) is 5.21. The van der Waals surface area contributed by atoms with Crippen molar-refractivity contribution in [3.05, 3.63) is 35.4 Å². The number of nitrogens with zero attached hydrogens (tertiary/aromatic N) is 2. The van der Waals surface area contributed by atoms with Crippen LogP contribution in [0.3, 0.4) is 0 Å². The summed E-state index contributed by atoms with van der Waals surface area (Å²) in [4.78, 5) is 16.6. The van der Waals surface area contributed by atoms with Gasteiger partial charge in [0, 0.05) is 18.3 Å². The first-order valence-electron chi connectivity index (χ1n) is 8.08. The van der Waals surface area contributed by atoms with Crippen molar-refractivity contribution in [1.29, 1.82) is 0 Å². The lowest BCUT2D eigenvalue weighted by atomic mass is 10.0. The van der Waals surface area contributed by atoms with E-state index in [0.717, 1.165) is 36.8 Å². The van der Waals surface area contributed by atoms with Crippen molar-refractivity contribution in [3.63, 3.8) is 0 Å². The van der Waals surface area contributed by atoms with Crippen LogP contribution in [0.25, 0.3) is 0 Å². The molecule has 0 saturated carbocycles. The van der Waals surface area contributed by atoms with E-state index < -0.39 is 11.6 Å². The molecule has 6 heteroatoms. The van der Waals surface area contributed by atoms with Gasteiger partial charge in [-0.2, -0.15) is 11.8 Å². The van der Waals surface area contributed by atoms with Crippen LogP contribution in [-0.2, 0) is 4.79 Å². The number of carbonyl (C=O) groups is 1. The van der Waals surface area contributed by atoms with Gasteiger partial charge in [0.15, 0.2) is 11.6 Å². The molecular weight excluding hydrogens is 318 g/mol. The molecule has 3 rings (SSSR count). The molecule has 0 spiro atoms. The van der Waals surface area contributed by atoms with Gasteiger partial charge in [0.2, 0.25) is 5.91 Å². The van der Waals surface area contributed by atoms with Crippen molar-refractivity contribution in [1.82, 2.24) is 9.80 Å². The summed E-state index contributed by atoms with van der Waals surface area (Å²) >= 11 is 1.93. The lowest BCUT2D eigenvalue weighted by molar-refractivity contribution is -0.133. The number of halogens is 2. The Morgan fingerprint density at radius 1 is 1.35 bits per heavy atom. The normalized spacial score (nSPS) is 24.6. The predicted octanol–water partition coefficient (Wildman–Crippen LogP) is 3.07. The van der Waals surface area contributed by atoms with Gasteiger partial charge in [-0.15, -0.1) is 0 Å². The summed E-state index contributed by atoms with van der Waals surface area (Å²) in [5, 5.41) is 0. The zero-order valence-corrected chi connectivity index (χ0v) is 14.1. The number of carbonyl (C=O) groups excluding carboxylic acids is 1. The van der Waals surface area contributed by atoms with Crippen LogP contribution in [0.15, 0.2) is 18.2 Å². The first kappa shape index (κ1) is 16.7. The van der Waals surface area contributed by atoms with Crippen molar-refractivity contribution >= 4 is 17.7 Å². The van der Waals surface area contributed by atoms with Gasteiger partial charge in [-0.1, -0.05) is 6.07 Å². The summed E-state index contributed by atoms with van der Waals surface area (Å²) in [5.74, 6) is 0.627. The van der Waals surface area contributed by atoms with Crippen LogP contribution in [0.2, 0.25) is 0 Å². The molecule has 126 valence electrons. The molecule has 2 fully saturated rings. The number of benzene rings is 1. The van der Waals surface area contributed by atoms with Crippen molar-refractivity contribution in [3.8, 4) is 0 Å². The van der Waals surface area contributed by atoms with Crippen molar-refractivity contribution < 1.29 is 13.6 Å². The fraction of sp³-hybridized carbons (Fsp3) is 0.588. The average Bonchev–Trinajstić information content (AvgIpc) is 3.21. The third-order valence-corrected chi connectivity index (χ3v) is 5.96. The van der Waals surface area contributed by atoms with Gasteiger partial charge in [0.1, 0.15) is 0 Å². The highest BCUT2D eigenvalue weighted by atomic mass is 32.2. The lowest BCUT2D eigenvalue weighted by Crippen LogP contribution is -2.42. The number of thioether (sulfide) groups is 1. The largest absolute Gasteiger partial charge is 0.335 e. The maximum absolute atomic E-state index is 13.5. The topological polar surface area (TPSA) is 23.6 Å². The molecule has 0 aliphatic carbocycles. The van der Waals surface area contributed by atoms with E-state index >= 15 is 0 Å². The van der Waals surface area contributed by atoms with E-state index in [1.807, 2.05) is 23.7 Å². The van der Waals surface area contributed by atoms with Gasteiger partial charge in [-0.25, -0.2) is 8.78 Å². The van der Waals surface area contributed by atoms with Crippen LogP contribution in [0, 0.1) is 11.6 Å². The van der Waals surface area contributed by atoms with E-state index in [9.17, 15) is 13.6 Å². The molecule has 1 amide bonds. The van der Waals surface area contributed by atoms with E-state index in [0.29, 0.717) is 24.7 Å². The third kappa shape index (κ3) is 3.69. The molecule has 23 heavy (non-hydrogen) atoms. The second kappa shape index (κ2) is 7.18. The summed E-state index contributed by atoms with van der Waals surface area (Å²) in [5.41, 5.74) is 0.689. The molecule has 2 atom stereocenters. The monoisotopic (exact) mass is 340 g/mol. The number of likely N-dealkylation sites (N-methyl/N-ethyl adjacent to an activating group) is 1. The molecule has 2 aliphatic heterocycles. The molecule has 0 aromatic heterocycles. The Morgan fingerprint density at radius 3 is 2.87 bits per heavy atom. The predicted molar refractivity (Wildman–Crippen MR) is 88.4 cm³/mol. The van der Waals surface area contributed by atoms with E-state index in [1.54, 1.807) is 6.07 Å². The van der Waals surface area contributed by atoms with E-state index in [4.69, 9.17) is 0 Å². The minimum atomic E-state index is -0.845. The van der Waals surface area contributed by atoms with Gasteiger partial charge >= 0.3 is 0 Å². The van der Waals surface area contributed by atoms with Gasteiger partial charge in [0.05, 0.1) is 12.6 Å². The highest BCUT2D eigenvalue weighted by molar-refractivity contribution is 7.99. The summed E-state index contributed by atoms with van der Waals surface area (Å²) in [6.07, 6.45) is 2.83. The SMILES string of the molecule is CN(CC(=O)N1CCCC1c1ccc(F)c(F)c1)C1CCSC1. The Morgan fingerprint density at radius 2 is 2.17 bits per heavy atom. The Bertz CT molecular complexity index is 578. The standard InChI is InChI=1S/C17H22F2N2OS/c1-20(13-6-8-23-11-13)10-17(22)21-7-2-3-16(21)12-4-5-14(18)15(19)9-12/h4-5,9,13,16H,2-3,6-8,10-11H2,1H3. The van der Waals surface area contributed by atoms with E-state index in [-0.39, 0.29) is 11.9 Å². The van der Waals surface area contributed by atoms with Gasteiger partial charge in [-0.05, 0) is 49.8 Å². The van der Waals surface area contributed by atoms with Crippen LogP contribution in [0.5, 0.6) is 0 Å². The molecular formula is C17H22F2N2OS. The molecule has 2 unspecified atom stereocenters. The summed E-state index contributed by atoms with van der Waals surface area (Å²) < 4.78 is 26.6. The quantitative estimate of drug-likeness (QED) is 0.842. The molecule has 2 heterocycles. The van der Waals surface area contributed by atoms with Crippen molar-refractivity contribution in [2.45, 2.75) is 31.3 Å². The minimum absolute atomic E-state index is 0.0802. The van der Waals surface area contributed by atoms with Crippen molar-refractivity contribution in [2.24, 2.45) is 0 Å². The number of hydrogen-bond donors (Lipinski definition) is 0. The van der Waals surface area contributed by atoms with E-state index in [2.05, 4.69) is 4.90 Å². The molecule has 2 aliphatic rings. The van der Waals surface area contributed by atoms with Crippen LogP contribution >= 0.6 is 11.8 Å². The Balaban J connectivity index is 1.67. The zero-order chi connectivity index (χ0) is 16.4. The Labute approximate surface area is 140 Å². The number of amides is 1. The third-order valence-electron chi connectivity index (χ3n) is 4.82. The smallest absolute Gasteiger partial charge is 0.237 e. The summed E-state index contributed by atoms with van der Waals surface area (Å²) in [6, 6.07) is 4.29. The average molecular weight is 340 g/mol. The van der Waals surface area contributed by atoms with Gasteiger partial charge < -0.3 is 4.90 Å².